The number of anilines is 1. The van der Waals surface area contributed by atoms with Gasteiger partial charge in [-0.2, -0.15) is 0 Å². The van der Waals surface area contributed by atoms with Gasteiger partial charge in [0, 0.05) is 33.9 Å². The number of aryl methyl sites for hydroxylation is 1. The van der Waals surface area contributed by atoms with Crippen molar-refractivity contribution < 1.29 is 19.4 Å². The fourth-order valence-corrected chi connectivity index (χ4v) is 5.22. The Morgan fingerprint density at radius 3 is 2.37 bits per heavy atom. The lowest BCUT2D eigenvalue weighted by molar-refractivity contribution is -0.132. The van der Waals surface area contributed by atoms with Crippen LogP contribution in [-0.4, -0.2) is 28.9 Å². The first-order chi connectivity index (χ1) is 16.8. The number of aliphatic hydroxyl groups is 1. The Morgan fingerprint density at radius 2 is 1.69 bits per heavy atom. The number of fused-ring (bicyclic) bond motifs is 1. The summed E-state index contributed by atoms with van der Waals surface area (Å²) in [5, 5.41) is 12.6. The highest BCUT2D eigenvalue weighted by Crippen LogP contribution is 2.46. The second kappa shape index (κ2) is 8.80. The number of carbonyl (C=O) groups is 2. The maximum atomic E-state index is 13.4. The monoisotopic (exact) mass is 506 g/mol. The second-order valence-corrected chi connectivity index (χ2v) is 9.03. The van der Waals surface area contributed by atoms with Crippen LogP contribution in [0.3, 0.4) is 0 Å². The van der Waals surface area contributed by atoms with Crippen molar-refractivity contribution in [3.63, 3.8) is 0 Å². The minimum absolute atomic E-state index is 0.0553. The summed E-state index contributed by atoms with van der Waals surface area (Å²) in [5.41, 5.74) is 3.06. The molecule has 1 amide bonds. The quantitative estimate of drug-likeness (QED) is 0.190. The Labute approximate surface area is 211 Å². The van der Waals surface area contributed by atoms with Gasteiger partial charge >= 0.3 is 0 Å². The third-order valence-electron chi connectivity index (χ3n) is 6.21. The van der Waals surface area contributed by atoms with E-state index in [-0.39, 0.29) is 32.7 Å². The molecule has 5 rings (SSSR count). The van der Waals surface area contributed by atoms with Crippen molar-refractivity contribution in [1.29, 1.82) is 0 Å². The number of methoxy groups -OCH3 is 1. The Bertz CT molecular complexity index is 1520. The number of carbonyl (C=O) groups excluding carboxylic acids is 2. The van der Waals surface area contributed by atoms with Gasteiger partial charge in [-0.05, 0) is 36.8 Å². The summed E-state index contributed by atoms with van der Waals surface area (Å²) >= 11 is 12.6. The van der Waals surface area contributed by atoms with Gasteiger partial charge in [0.15, 0.2) is 5.75 Å². The van der Waals surface area contributed by atoms with Crippen molar-refractivity contribution in [2.75, 3.05) is 12.0 Å². The number of para-hydroxylation sites is 2. The number of Topliss-reactive ketones (excluding diaryl/α,β-unsaturated/α-hetero) is 1. The van der Waals surface area contributed by atoms with Gasteiger partial charge in [-0.1, -0.05) is 59.6 Å². The topological polar surface area (TPSA) is 82.6 Å². The number of amides is 1. The van der Waals surface area contributed by atoms with E-state index in [0.29, 0.717) is 11.3 Å². The standard InChI is InChI=1S/C27H20Cl2N2O4/c1-14-7-3-6-10-21(14)31-23(17-13-30-20-9-5-4-8-16(17)20)22(25(33)27(31)34)24(32)15-11-18(28)26(35-2)19(29)12-15/h3-13,23,30,32H,1-2H3/b24-22+. The van der Waals surface area contributed by atoms with Gasteiger partial charge in [-0.25, -0.2) is 0 Å². The van der Waals surface area contributed by atoms with E-state index in [2.05, 4.69) is 4.98 Å². The first kappa shape index (κ1) is 23.0. The molecule has 0 bridgehead atoms. The molecule has 0 spiro atoms. The van der Waals surface area contributed by atoms with Gasteiger partial charge < -0.3 is 14.8 Å². The average molecular weight is 507 g/mol. The first-order valence-electron chi connectivity index (χ1n) is 10.8. The highest BCUT2D eigenvalue weighted by atomic mass is 35.5. The van der Waals surface area contributed by atoms with E-state index in [1.807, 2.05) is 43.3 Å². The van der Waals surface area contributed by atoms with E-state index < -0.39 is 17.7 Å². The SMILES string of the molecule is COc1c(Cl)cc(/C(O)=C2\C(=O)C(=O)N(c3ccccc3C)C2c2c[nH]c3ccccc23)cc1Cl. The molecule has 1 saturated heterocycles. The molecule has 0 radical (unpaired) electrons. The van der Waals surface area contributed by atoms with Crippen molar-refractivity contribution in [1.82, 2.24) is 4.98 Å². The zero-order valence-corrected chi connectivity index (χ0v) is 20.3. The lowest BCUT2D eigenvalue weighted by Gasteiger charge is -2.26. The van der Waals surface area contributed by atoms with E-state index in [1.165, 1.54) is 24.1 Å². The van der Waals surface area contributed by atoms with Crippen LogP contribution in [0.1, 0.15) is 22.7 Å². The van der Waals surface area contributed by atoms with Crippen LogP contribution in [0.15, 0.2) is 72.4 Å². The van der Waals surface area contributed by atoms with Gasteiger partial charge in [0.2, 0.25) is 0 Å². The fraction of sp³-hybridized carbons (Fsp3) is 0.111. The van der Waals surface area contributed by atoms with Crippen LogP contribution in [0.5, 0.6) is 5.75 Å². The molecular formula is C27H20Cl2N2O4. The third kappa shape index (κ3) is 3.66. The highest BCUT2D eigenvalue weighted by Gasteiger charge is 2.48. The van der Waals surface area contributed by atoms with Crippen molar-refractivity contribution in [3.8, 4) is 5.75 Å². The van der Waals surface area contributed by atoms with Gasteiger partial charge in [-0.15, -0.1) is 0 Å². The maximum Gasteiger partial charge on any atom is 0.300 e. The smallest absolute Gasteiger partial charge is 0.300 e. The molecule has 1 fully saturated rings. The Balaban J connectivity index is 1.80. The van der Waals surface area contributed by atoms with Gasteiger partial charge in [0.1, 0.15) is 5.76 Å². The number of ketones is 1. The van der Waals surface area contributed by atoms with Crippen LogP contribution in [0.2, 0.25) is 10.0 Å². The predicted molar refractivity (Wildman–Crippen MR) is 137 cm³/mol. The van der Waals surface area contributed by atoms with Gasteiger partial charge in [0.25, 0.3) is 11.7 Å². The lowest BCUT2D eigenvalue weighted by atomic mass is 9.94. The molecule has 1 aromatic heterocycles. The zero-order valence-electron chi connectivity index (χ0n) is 18.8. The molecule has 1 atom stereocenters. The van der Waals surface area contributed by atoms with Gasteiger partial charge in [0.05, 0.1) is 28.8 Å². The molecule has 35 heavy (non-hydrogen) atoms. The summed E-state index contributed by atoms with van der Waals surface area (Å²) in [7, 11) is 1.43. The number of aliphatic hydroxyl groups excluding tert-OH is 1. The number of aromatic amines is 1. The molecule has 1 aliphatic heterocycles. The van der Waals surface area contributed by atoms with Crippen LogP contribution in [-0.2, 0) is 9.59 Å². The van der Waals surface area contributed by atoms with E-state index >= 15 is 0 Å². The number of benzene rings is 3. The lowest BCUT2D eigenvalue weighted by Crippen LogP contribution is -2.30. The molecule has 0 saturated carbocycles. The number of rotatable bonds is 4. The van der Waals surface area contributed by atoms with Crippen molar-refractivity contribution in [2.24, 2.45) is 0 Å². The summed E-state index contributed by atoms with van der Waals surface area (Å²) in [6, 6.07) is 16.9. The molecule has 1 unspecified atom stereocenters. The number of H-pyrrole nitrogens is 1. The van der Waals surface area contributed by atoms with E-state index in [4.69, 9.17) is 27.9 Å². The number of nitrogens with zero attached hydrogens (tertiary/aromatic N) is 1. The van der Waals surface area contributed by atoms with Crippen LogP contribution in [0.4, 0.5) is 5.69 Å². The zero-order chi connectivity index (χ0) is 24.9. The molecule has 4 aromatic rings. The molecule has 1 aliphatic rings. The number of hydrogen-bond donors (Lipinski definition) is 2. The van der Waals surface area contributed by atoms with Gasteiger partial charge in [-0.3, -0.25) is 14.5 Å². The van der Waals surface area contributed by atoms with Crippen molar-refractivity contribution in [2.45, 2.75) is 13.0 Å². The van der Waals surface area contributed by atoms with E-state index in [0.717, 1.165) is 16.5 Å². The molecule has 2 heterocycles. The molecule has 3 aromatic carbocycles. The summed E-state index contributed by atoms with van der Waals surface area (Å²) in [4.78, 5) is 31.5. The summed E-state index contributed by atoms with van der Waals surface area (Å²) < 4.78 is 5.20. The Hall–Kier alpha value is -3.74. The molecular weight excluding hydrogens is 487 g/mol. The van der Waals surface area contributed by atoms with Crippen LogP contribution < -0.4 is 9.64 Å². The minimum Gasteiger partial charge on any atom is -0.507 e. The van der Waals surface area contributed by atoms with E-state index in [9.17, 15) is 14.7 Å². The first-order valence-corrected chi connectivity index (χ1v) is 11.5. The molecule has 0 aliphatic carbocycles. The van der Waals surface area contributed by atoms with Crippen molar-refractivity contribution >= 4 is 57.2 Å². The summed E-state index contributed by atoms with van der Waals surface area (Å²) in [6.45, 7) is 1.87. The average Bonchev–Trinajstić information content (AvgIpc) is 3.37. The summed E-state index contributed by atoms with van der Waals surface area (Å²) in [5.74, 6) is -1.66. The Kier molecular flexibility index (Phi) is 5.79. The number of hydrogen-bond acceptors (Lipinski definition) is 4. The number of aromatic nitrogens is 1. The molecule has 6 nitrogen and oxygen atoms in total. The maximum absolute atomic E-state index is 13.4. The Morgan fingerprint density at radius 1 is 1.03 bits per heavy atom. The van der Waals surface area contributed by atoms with Crippen LogP contribution in [0, 0.1) is 6.92 Å². The van der Waals surface area contributed by atoms with Crippen LogP contribution >= 0.6 is 23.2 Å². The normalized spacial score (nSPS) is 17.4. The molecule has 176 valence electrons. The van der Waals surface area contributed by atoms with Crippen LogP contribution in [0.25, 0.3) is 16.7 Å². The number of ether oxygens (including phenoxy) is 1. The highest BCUT2D eigenvalue weighted by molar-refractivity contribution is 6.52. The van der Waals surface area contributed by atoms with Crippen molar-refractivity contribution in [3.05, 3.63) is 99.2 Å². The summed E-state index contributed by atoms with van der Waals surface area (Å²) in [6.07, 6.45) is 1.76. The van der Waals surface area contributed by atoms with E-state index in [1.54, 1.807) is 18.3 Å². The minimum atomic E-state index is -0.882. The molecule has 8 heteroatoms. The number of halogens is 2. The predicted octanol–water partition coefficient (Wildman–Crippen LogP) is 6.42. The third-order valence-corrected chi connectivity index (χ3v) is 6.77. The number of nitrogens with one attached hydrogen (secondary N) is 1. The molecule has 2 N–H and O–H groups in total. The fourth-order valence-electron chi connectivity index (χ4n) is 4.58. The largest absolute Gasteiger partial charge is 0.507 e. The second-order valence-electron chi connectivity index (χ2n) is 8.22.